The van der Waals surface area contributed by atoms with Crippen LogP contribution in [0.25, 0.3) is 0 Å². The minimum Gasteiger partial charge on any atom is -0.385 e. The first-order valence-electron chi connectivity index (χ1n) is 8.63. The SMILES string of the molecule is COCC[C@@H]1CCOC12CCN(Cc1ccc(C)cc1)CC2. The van der Waals surface area contributed by atoms with Gasteiger partial charge in [0.15, 0.2) is 0 Å². The molecule has 2 fully saturated rings. The van der Waals surface area contributed by atoms with Crippen LogP contribution in [-0.4, -0.2) is 43.9 Å². The van der Waals surface area contributed by atoms with Gasteiger partial charge in [-0.25, -0.2) is 0 Å². The van der Waals surface area contributed by atoms with Gasteiger partial charge >= 0.3 is 0 Å². The fraction of sp³-hybridized carbons (Fsp3) is 0.684. The molecule has 122 valence electrons. The molecule has 0 aliphatic carbocycles. The van der Waals surface area contributed by atoms with Crippen LogP contribution in [0.5, 0.6) is 0 Å². The van der Waals surface area contributed by atoms with Crippen molar-refractivity contribution >= 4 is 0 Å². The number of nitrogens with zero attached hydrogens (tertiary/aromatic N) is 1. The van der Waals surface area contributed by atoms with Crippen LogP contribution >= 0.6 is 0 Å². The monoisotopic (exact) mass is 303 g/mol. The van der Waals surface area contributed by atoms with E-state index in [4.69, 9.17) is 9.47 Å². The highest BCUT2D eigenvalue weighted by Crippen LogP contribution is 2.42. The number of ether oxygens (including phenoxy) is 2. The Kier molecular flexibility index (Phi) is 5.17. The molecule has 2 aliphatic rings. The molecule has 1 spiro atoms. The molecule has 1 atom stereocenters. The zero-order chi connectivity index (χ0) is 15.4. The molecule has 0 radical (unpaired) electrons. The second-order valence-corrected chi connectivity index (χ2v) is 6.94. The van der Waals surface area contributed by atoms with Crippen LogP contribution in [0, 0.1) is 12.8 Å². The van der Waals surface area contributed by atoms with E-state index >= 15 is 0 Å². The quantitative estimate of drug-likeness (QED) is 0.832. The predicted octanol–water partition coefficient (Wildman–Crippen LogP) is 3.40. The molecule has 0 aromatic heterocycles. The first kappa shape index (κ1) is 16.0. The molecule has 3 heteroatoms. The summed E-state index contributed by atoms with van der Waals surface area (Å²) in [5.74, 6) is 0.689. The Hall–Kier alpha value is -0.900. The minimum atomic E-state index is 0.141. The lowest BCUT2D eigenvalue weighted by Gasteiger charge is -2.42. The van der Waals surface area contributed by atoms with Crippen molar-refractivity contribution in [1.82, 2.24) is 4.90 Å². The fourth-order valence-electron chi connectivity index (χ4n) is 4.05. The van der Waals surface area contributed by atoms with Crippen molar-refractivity contribution in [2.24, 2.45) is 5.92 Å². The first-order chi connectivity index (χ1) is 10.7. The third-order valence-electron chi connectivity index (χ3n) is 5.50. The van der Waals surface area contributed by atoms with E-state index in [-0.39, 0.29) is 5.60 Å². The smallest absolute Gasteiger partial charge is 0.0736 e. The van der Waals surface area contributed by atoms with E-state index in [9.17, 15) is 0 Å². The van der Waals surface area contributed by atoms with Gasteiger partial charge in [0.2, 0.25) is 0 Å². The van der Waals surface area contributed by atoms with Gasteiger partial charge in [0.05, 0.1) is 5.60 Å². The van der Waals surface area contributed by atoms with Crippen LogP contribution in [0.15, 0.2) is 24.3 Å². The zero-order valence-corrected chi connectivity index (χ0v) is 14.0. The second kappa shape index (κ2) is 7.12. The third-order valence-corrected chi connectivity index (χ3v) is 5.50. The zero-order valence-electron chi connectivity index (χ0n) is 14.0. The van der Waals surface area contributed by atoms with Crippen LogP contribution in [0.2, 0.25) is 0 Å². The highest BCUT2D eigenvalue weighted by Gasteiger charge is 2.45. The average molecular weight is 303 g/mol. The normalized spacial score (nSPS) is 24.9. The van der Waals surface area contributed by atoms with Gasteiger partial charge in [-0.2, -0.15) is 0 Å². The van der Waals surface area contributed by atoms with Crippen LogP contribution in [0.4, 0.5) is 0 Å². The van der Waals surface area contributed by atoms with E-state index in [1.807, 2.05) is 0 Å². The molecule has 2 heterocycles. The third kappa shape index (κ3) is 3.53. The van der Waals surface area contributed by atoms with E-state index in [0.717, 1.165) is 39.3 Å². The molecule has 0 amide bonds. The Bertz CT molecular complexity index is 463. The summed E-state index contributed by atoms with van der Waals surface area (Å²) < 4.78 is 11.5. The summed E-state index contributed by atoms with van der Waals surface area (Å²) >= 11 is 0. The molecule has 3 nitrogen and oxygen atoms in total. The molecule has 3 rings (SSSR count). The Morgan fingerprint density at radius 1 is 1.23 bits per heavy atom. The number of hydrogen-bond donors (Lipinski definition) is 0. The van der Waals surface area contributed by atoms with Gasteiger partial charge in [0.25, 0.3) is 0 Å². The van der Waals surface area contributed by atoms with E-state index in [1.165, 1.54) is 30.4 Å². The molecule has 0 bridgehead atoms. The van der Waals surface area contributed by atoms with E-state index in [2.05, 4.69) is 36.1 Å². The maximum atomic E-state index is 6.22. The average Bonchev–Trinajstić information content (AvgIpc) is 2.92. The van der Waals surface area contributed by atoms with Gasteiger partial charge in [-0.05, 0) is 44.1 Å². The summed E-state index contributed by atoms with van der Waals surface area (Å²) in [6, 6.07) is 8.93. The number of rotatable bonds is 5. The lowest BCUT2D eigenvalue weighted by atomic mass is 9.78. The molecule has 1 aromatic rings. The Morgan fingerprint density at radius 3 is 2.64 bits per heavy atom. The number of methoxy groups -OCH3 is 1. The molecule has 2 aliphatic heterocycles. The van der Waals surface area contributed by atoms with Gasteiger partial charge in [0.1, 0.15) is 0 Å². The summed E-state index contributed by atoms with van der Waals surface area (Å²) in [7, 11) is 1.80. The van der Waals surface area contributed by atoms with Crippen LogP contribution in [-0.2, 0) is 16.0 Å². The van der Waals surface area contributed by atoms with Crippen LogP contribution < -0.4 is 0 Å². The summed E-state index contributed by atoms with van der Waals surface area (Å²) in [6.45, 7) is 7.31. The van der Waals surface area contributed by atoms with Crippen molar-refractivity contribution < 1.29 is 9.47 Å². The number of benzene rings is 1. The Balaban J connectivity index is 1.54. The Morgan fingerprint density at radius 2 is 1.95 bits per heavy atom. The lowest BCUT2D eigenvalue weighted by molar-refractivity contribution is -0.0721. The van der Waals surface area contributed by atoms with Crippen molar-refractivity contribution in [2.45, 2.75) is 44.8 Å². The van der Waals surface area contributed by atoms with Gasteiger partial charge < -0.3 is 9.47 Å². The van der Waals surface area contributed by atoms with E-state index < -0.39 is 0 Å². The van der Waals surface area contributed by atoms with Crippen LogP contribution in [0.1, 0.15) is 36.8 Å². The maximum Gasteiger partial charge on any atom is 0.0736 e. The second-order valence-electron chi connectivity index (χ2n) is 6.94. The molecule has 22 heavy (non-hydrogen) atoms. The van der Waals surface area contributed by atoms with Crippen molar-refractivity contribution in [2.75, 3.05) is 33.4 Å². The van der Waals surface area contributed by atoms with Gasteiger partial charge in [-0.1, -0.05) is 29.8 Å². The summed E-state index contributed by atoms with van der Waals surface area (Å²) in [4.78, 5) is 2.57. The van der Waals surface area contributed by atoms with Crippen molar-refractivity contribution in [3.05, 3.63) is 35.4 Å². The van der Waals surface area contributed by atoms with Gasteiger partial charge in [-0.15, -0.1) is 0 Å². The van der Waals surface area contributed by atoms with Crippen molar-refractivity contribution in [1.29, 1.82) is 0 Å². The minimum absolute atomic E-state index is 0.141. The maximum absolute atomic E-state index is 6.22. The molecule has 0 unspecified atom stereocenters. The molecular formula is C19H29NO2. The summed E-state index contributed by atoms with van der Waals surface area (Å²) in [5.41, 5.74) is 2.90. The Labute approximate surface area is 134 Å². The number of likely N-dealkylation sites (tertiary alicyclic amines) is 1. The molecule has 0 N–H and O–H groups in total. The highest BCUT2D eigenvalue weighted by molar-refractivity contribution is 5.21. The van der Waals surface area contributed by atoms with Crippen molar-refractivity contribution in [3.8, 4) is 0 Å². The number of hydrogen-bond acceptors (Lipinski definition) is 3. The first-order valence-corrected chi connectivity index (χ1v) is 8.63. The molecular weight excluding hydrogens is 274 g/mol. The molecule has 1 aromatic carbocycles. The van der Waals surface area contributed by atoms with Gasteiger partial charge in [0, 0.05) is 40.0 Å². The van der Waals surface area contributed by atoms with Gasteiger partial charge in [-0.3, -0.25) is 4.90 Å². The van der Waals surface area contributed by atoms with E-state index in [0.29, 0.717) is 5.92 Å². The summed E-state index contributed by atoms with van der Waals surface area (Å²) in [5, 5.41) is 0. The van der Waals surface area contributed by atoms with E-state index in [1.54, 1.807) is 7.11 Å². The predicted molar refractivity (Wildman–Crippen MR) is 89.0 cm³/mol. The fourth-order valence-corrected chi connectivity index (χ4v) is 4.05. The standard InChI is InChI=1S/C19H29NO2/c1-16-3-5-17(6-4-16)15-20-11-9-19(10-12-20)18(7-13-21-2)8-14-22-19/h3-6,18H,7-15H2,1-2H3/t18-/m1/s1. The number of piperidine rings is 1. The number of aryl methyl sites for hydroxylation is 1. The van der Waals surface area contributed by atoms with Crippen molar-refractivity contribution in [3.63, 3.8) is 0 Å². The topological polar surface area (TPSA) is 21.7 Å². The lowest BCUT2D eigenvalue weighted by Crippen LogP contribution is -2.47. The van der Waals surface area contributed by atoms with Crippen LogP contribution in [0.3, 0.4) is 0 Å². The highest BCUT2D eigenvalue weighted by atomic mass is 16.5. The largest absolute Gasteiger partial charge is 0.385 e. The summed E-state index contributed by atoms with van der Waals surface area (Å²) in [6.07, 6.45) is 4.70. The molecule has 2 saturated heterocycles. The molecule has 0 saturated carbocycles.